The highest BCUT2D eigenvalue weighted by molar-refractivity contribution is 5.91. The maximum atomic E-state index is 12.0. The van der Waals surface area contributed by atoms with E-state index < -0.39 is 0 Å². The summed E-state index contributed by atoms with van der Waals surface area (Å²) in [5.41, 5.74) is 3.31. The molecule has 2 aromatic rings. The number of hydrogen-bond donors (Lipinski definition) is 1. The van der Waals surface area contributed by atoms with E-state index in [-0.39, 0.29) is 5.91 Å². The molecule has 1 aromatic heterocycles. The zero-order chi connectivity index (χ0) is 16.8. The minimum absolute atomic E-state index is 0.0879. The first-order chi connectivity index (χ1) is 11.7. The molecule has 1 N–H and O–H groups in total. The summed E-state index contributed by atoms with van der Waals surface area (Å²) in [4.78, 5) is 18.7. The van der Waals surface area contributed by atoms with Crippen molar-refractivity contribution in [2.75, 3.05) is 18.0 Å². The van der Waals surface area contributed by atoms with Crippen LogP contribution in [-0.2, 0) is 11.3 Å². The molecule has 0 radical (unpaired) electrons. The van der Waals surface area contributed by atoms with Gasteiger partial charge in [-0.3, -0.25) is 4.79 Å². The number of hydrogen-bond acceptors (Lipinski definition) is 3. The van der Waals surface area contributed by atoms with Gasteiger partial charge < -0.3 is 10.2 Å². The molecule has 2 heterocycles. The Morgan fingerprint density at radius 3 is 2.71 bits per heavy atom. The number of benzene rings is 1. The van der Waals surface area contributed by atoms with Crippen molar-refractivity contribution >= 4 is 17.8 Å². The van der Waals surface area contributed by atoms with E-state index in [0.29, 0.717) is 6.54 Å². The van der Waals surface area contributed by atoms with Crippen LogP contribution in [-0.4, -0.2) is 24.0 Å². The van der Waals surface area contributed by atoms with E-state index in [2.05, 4.69) is 21.3 Å². The molecule has 1 aliphatic rings. The summed E-state index contributed by atoms with van der Waals surface area (Å²) in [7, 11) is 0. The Bertz CT molecular complexity index is 716. The van der Waals surface area contributed by atoms with E-state index >= 15 is 0 Å². The van der Waals surface area contributed by atoms with E-state index in [1.807, 2.05) is 49.5 Å². The number of pyridine rings is 1. The number of rotatable bonds is 5. The Hall–Kier alpha value is -2.62. The molecule has 1 aliphatic heterocycles. The third kappa shape index (κ3) is 4.44. The molecule has 1 fully saturated rings. The van der Waals surface area contributed by atoms with Crippen LogP contribution in [0.4, 0.5) is 5.82 Å². The fourth-order valence-electron chi connectivity index (χ4n) is 2.79. The third-order valence-corrected chi connectivity index (χ3v) is 4.21. The van der Waals surface area contributed by atoms with Gasteiger partial charge in [0.2, 0.25) is 5.91 Å². The maximum absolute atomic E-state index is 12.0. The standard InChI is InChI=1S/C20H23N3O/c1-16-4-6-17(7-5-16)8-9-20(24)22-15-18-10-11-21-19(14-18)23-12-2-3-13-23/h4-11,14H,2-3,12-13,15H2,1H3,(H,22,24)/b9-8-. The molecule has 1 aromatic carbocycles. The molecule has 0 aliphatic carbocycles. The molecule has 4 heteroatoms. The first kappa shape index (κ1) is 16.2. The number of nitrogens with one attached hydrogen (secondary N) is 1. The lowest BCUT2D eigenvalue weighted by atomic mass is 10.1. The molecule has 0 bridgehead atoms. The van der Waals surface area contributed by atoms with Crippen LogP contribution in [0.1, 0.15) is 29.5 Å². The van der Waals surface area contributed by atoms with E-state index in [0.717, 1.165) is 30.0 Å². The minimum Gasteiger partial charge on any atom is -0.357 e. The van der Waals surface area contributed by atoms with Gasteiger partial charge in [-0.25, -0.2) is 4.98 Å². The van der Waals surface area contributed by atoms with Crippen LogP contribution in [0.3, 0.4) is 0 Å². The second-order valence-corrected chi connectivity index (χ2v) is 6.18. The predicted octanol–water partition coefficient (Wildman–Crippen LogP) is 3.32. The number of aryl methyl sites for hydroxylation is 1. The molecule has 24 heavy (non-hydrogen) atoms. The van der Waals surface area contributed by atoms with Crippen LogP contribution in [0.2, 0.25) is 0 Å². The summed E-state index contributed by atoms with van der Waals surface area (Å²) in [6, 6.07) is 12.1. The Kier molecular flexibility index (Phi) is 5.26. The van der Waals surface area contributed by atoms with Crippen LogP contribution in [0.15, 0.2) is 48.7 Å². The van der Waals surface area contributed by atoms with Gasteiger partial charge in [-0.1, -0.05) is 29.8 Å². The van der Waals surface area contributed by atoms with Crippen LogP contribution >= 0.6 is 0 Å². The third-order valence-electron chi connectivity index (χ3n) is 4.21. The first-order valence-corrected chi connectivity index (χ1v) is 8.43. The largest absolute Gasteiger partial charge is 0.357 e. The molecule has 0 atom stereocenters. The van der Waals surface area contributed by atoms with Crippen LogP contribution in [0.25, 0.3) is 6.08 Å². The number of amides is 1. The number of anilines is 1. The van der Waals surface area contributed by atoms with Crippen molar-refractivity contribution in [2.24, 2.45) is 0 Å². The molecule has 1 saturated heterocycles. The molecular weight excluding hydrogens is 298 g/mol. The van der Waals surface area contributed by atoms with Gasteiger partial charge in [0.15, 0.2) is 0 Å². The first-order valence-electron chi connectivity index (χ1n) is 8.43. The molecular formula is C20H23N3O. The zero-order valence-corrected chi connectivity index (χ0v) is 14.0. The summed E-state index contributed by atoms with van der Waals surface area (Å²) in [6.45, 7) is 4.70. The SMILES string of the molecule is Cc1ccc(/C=C\C(=O)NCc2ccnc(N3CCCC3)c2)cc1. The van der Waals surface area contributed by atoms with Crippen molar-refractivity contribution in [1.29, 1.82) is 0 Å². The molecule has 124 valence electrons. The highest BCUT2D eigenvalue weighted by atomic mass is 16.1. The average molecular weight is 321 g/mol. The molecule has 3 rings (SSSR count). The summed E-state index contributed by atoms with van der Waals surface area (Å²) >= 11 is 0. The van der Waals surface area contributed by atoms with E-state index in [4.69, 9.17) is 0 Å². The van der Waals surface area contributed by atoms with Crippen molar-refractivity contribution in [3.05, 3.63) is 65.4 Å². The van der Waals surface area contributed by atoms with Crippen molar-refractivity contribution in [2.45, 2.75) is 26.3 Å². The Labute approximate surface area is 143 Å². The summed E-state index contributed by atoms with van der Waals surface area (Å²) in [5.74, 6) is 0.921. The Morgan fingerprint density at radius 2 is 1.96 bits per heavy atom. The van der Waals surface area contributed by atoms with Crippen molar-refractivity contribution in [3.8, 4) is 0 Å². The Morgan fingerprint density at radius 1 is 1.21 bits per heavy atom. The van der Waals surface area contributed by atoms with E-state index in [1.54, 1.807) is 6.08 Å². The molecule has 4 nitrogen and oxygen atoms in total. The second kappa shape index (κ2) is 7.77. The van der Waals surface area contributed by atoms with Crippen molar-refractivity contribution in [3.63, 3.8) is 0 Å². The Balaban J connectivity index is 1.54. The van der Waals surface area contributed by atoms with Gasteiger partial charge in [0.1, 0.15) is 5.82 Å². The van der Waals surface area contributed by atoms with Crippen LogP contribution in [0, 0.1) is 6.92 Å². The molecule has 0 unspecified atom stereocenters. The fraction of sp³-hybridized carbons (Fsp3) is 0.300. The van der Waals surface area contributed by atoms with Crippen LogP contribution < -0.4 is 10.2 Å². The van der Waals surface area contributed by atoms with Gasteiger partial charge in [-0.15, -0.1) is 0 Å². The topological polar surface area (TPSA) is 45.2 Å². The summed E-state index contributed by atoms with van der Waals surface area (Å²) < 4.78 is 0. The second-order valence-electron chi connectivity index (χ2n) is 6.18. The monoisotopic (exact) mass is 321 g/mol. The van der Waals surface area contributed by atoms with Gasteiger partial charge in [-0.05, 0) is 49.1 Å². The number of carbonyl (C=O) groups excluding carboxylic acids is 1. The number of aromatic nitrogens is 1. The smallest absolute Gasteiger partial charge is 0.244 e. The van der Waals surface area contributed by atoms with Gasteiger partial charge >= 0.3 is 0 Å². The minimum atomic E-state index is -0.0879. The van der Waals surface area contributed by atoms with Gasteiger partial charge in [0, 0.05) is 31.9 Å². The average Bonchev–Trinajstić information content (AvgIpc) is 3.14. The molecule has 1 amide bonds. The number of nitrogens with zero attached hydrogens (tertiary/aromatic N) is 2. The quantitative estimate of drug-likeness (QED) is 0.859. The van der Waals surface area contributed by atoms with E-state index in [9.17, 15) is 4.79 Å². The normalized spacial score (nSPS) is 14.3. The van der Waals surface area contributed by atoms with Crippen LogP contribution in [0.5, 0.6) is 0 Å². The fourth-order valence-corrected chi connectivity index (χ4v) is 2.79. The lowest BCUT2D eigenvalue weighted by Crippen LogP contribution is -2.22. The highest BCUT2D eigenvalue weighted by Crippen LogP contribution is 2.18. The van der Waals surface area contributed by atoms with Gasteiger partial charge in [-0.2, -0.15) is 0 Å². The summed E-state index contributed by atoms with van der Waals surface area (Å²) in [6.07, 6.45) is 7.68. The molecule has 0 saturated carbocycles. The molecule has 0 spiro atoms. The van der Waals surface area contributed by atoms with Crippen molar-refractivity contribution < 1.29 is 4.79 Å². The zero-order valence-electron chi connectivity index (χ0n) is 14.0. The summed E-state index contributed by atoms with van der Waals surface area (Å²) in [5, 5.41) is 2.93. The van der Waals surface area contributed by atoms with E-state index in [1.165, 1.54) is 18.4 Å². The highest BCUT2D eigenvalue weighted by Gasteiger charge is 2.13. The number of carbonyl (C=O) groups is 1. The lowest BCUT2D eigenvalue weighted by molar-refractivity contribution is -0.116. The lowest BCUT2D eigenvalue weighted by Gasteiger charge is -2.16. The van der Waals surface area contributed by atoms with Crippen molar-refractivity contribution in [1.82, 2.24) is 10.3 Å². The van der Waals surface area contributed by atoms with Gasteiger partial charge in [0.25, 0.3) is 0 Å². The maximum Gasteiger partial charge on any atom is 0.244 e. The predicted molar refractivity (Wildman–Crippen MR) is 97.7 cm³/mol. The van der Waals surface area contributed by atoms with Gasteiger partial charge in [0.05, 0.1) is 0 Å².